The normalized spacial score (nSPS) is 35.3. The highest BCUT2D eigenvalue weighted by molar-refractivity contribution is 14.1. The number of hydrogen-bond donors (Lipinski definition) is 2. The Hall–Kier alpha value is 0.650. The Labute approximate surface area is 69.7 Å². The smallest absolute Gasteiger partial charge is 0.00767 e. The van der Waals surface area contributed by atoms with Gasteiger partial charge >= 0.3 is 0 Å². The molecule has 0 amide bonds. The Morgan fingerprint density at radius 3 is 2.67 bits per heavy atom. The number of hydrogen-bond acceptors (Lipinski definition) is 2. The topological polar surface area (TPSA) is 38.0 Å². The standard InChI is InChI=1S/C6H13IN2/c7-3-6(4-8)1-2-9-5-6/h9H,1-5,8H2/t6-/m1/s1. The van der Waals surface area contributed by atoms with E-state index in [4.69, 9.17) is 5.73 Å². The van der Waals surface area contributed by atoms with Crippen molar-refractivity contribution in [2.24, 2.45) is 11.1 Å². The van der Waals surface area contributed by atoms with Gasteiger partial charge in [0.2, 0.25) is 0 Å². The van der Waals surface area contributed by atoms with Crippen LogP contribution in [0.3, 0.4) is 0 Å². The largest absolute Gasteiger partial charge is 0.330 e. The van der Waals surface area contributed by atoms with E-state index in [0.717, 1.165) is 19.6 Å². The molecule has 1 fully saturated rings. The minimum absolute atomic E-state index is 0.431. The average Bonchev–Trinajstić information content (AvgIpc) is 2.36. The molecule has 3 heteroatoms. The van der Waals surface area contributed by atoms with Crippen LogP contribution in [-0.4, -0.2) is 24.1 Å². The fourth-order valence-electron chi connectivity index (χ4n) is 1.14. The summed E-state index contributed by atoms with van der Waals surface area (Å²) in [4.78, 5) is 0. The maximum atomic E-state index is 5.63. The zero-order valence-electron chi connectivity index (χ0n) is 5.49. The molecule has 1 aliphatic heterocycles. The Kier molecular flexibility index (Phi) is 2.73. The minimum Gasteiger partial charge on any atom is -0.330 e. The van der Waals surface area contributed by atoms with Crippen molar-refractivity contribution >= 4 is 22.6 Å². The molecule has 1 atom stereocenters. The summed E-state index contributed by atoms with van der Waals surface area (Å²) in [5.74, 6) is 0. The van der Waals surface area contributed by atoms with E-state index in [1.807, 2.05) is 0 Å². The predicted molar refractivity (Wildman–Crippen MR) is 47.9 cm³/mol. The molecule has 0 radical (unpaired) electrons. The van der Waals surface area contributed by atoms with E-state index in [1.165, 1.54) is 10.8 Å². The quantitative estimate of drug-likeness (QED) is 0.540. The first-order chi connectivity index (χ1) is 4.33. The van der Waals surface area contributed by atoms with Gasteiger partial charge in [0.15, 0.2) is 0 Å². The van der Waals surface area contributed by atoms with Crippen LogP contribution in [-0.2, 0) is 0 Å². The average molecular weight is 240 g/mol. The monoisotopic (exact) mass is 240 g/mol. The summed E-state index contributed by atoms with van der Waals surface area (Å²) in [6.45, 7) is 3.11. The fourth-order valence-corrected chi connectivity index (χ4v) is 2.10. The summed E-state index contributed by atoms with van der Waals surface area (Å²) < 4.78 is 1.19. The molecule has 2 nitrogen and oxygen atoms in total. The van der Waals surface area contributed by atoms with Gasteiger partial charge in [-0.2, -0.15) is 0 Å². The summed E-state index contributed by atoms with van der Waals surface area (Å²) in [7, 11) is 0. The Morgan fingerprint density at radius 1 is 1.67 bits per heavy atom. The van der Waals surface area contributed by atoms with Crippen LogP contribution in [0.15, 0.2) is 0 Å². The van der Waals surface area contributed by atoms with E-state index in [2.05, 4.69) is 27.9 Å². The molecule has 0 aromatic rings. The van der Waals surface area contributed by atoms with Gasteiger partial charge in [-0.15, -0.1) is 0 Å². The molecule has 0 bridgehead atoms. The highest BCUT2D eigenvalue weighted by atomic mass is 127. The van der Waals surface area contributed by atoms with Crippen molar-refractivity contribution in [2.75, 3.05) is 24.1 Å². The maximum absolute atomic E-state index is 5.63. The van der Waals surface area contributed by atoms with E-state index in [9.17, 15) is 0 Å². The van der Waals surface area contributed by atoms with Gasteiger partial charge in [0.05, 0.1) is 0 Å². The number of rotatable bonds is 2. The van der Waals surface area contributed by atoms with Gasteiger partial charge in [-0.05, 0) is 19.5 Å². The van der Waals surface area contributed by atoms with Crippen LogP contribution in [0.1, 0.15) is 6.42 Å². The molecule has 0 aromatic carbocycles. The van der Waals surface area contributed by atoms with Crippen LogP contribution in [0.4, 0.5) is 0 Å². The second-order valence-corrected chi connectivity index (χ2v) is 3.53. The zero-order valence-corrected chi connectivity index (χ0v) is 7.65. The molecule has 1 aliphatic rings. The number of nitrogens with two attached hydrogens (primary N) is 1. The van der Waals surface area contributed by atoms with Crippen molar-refractivity contribution in [3.05, 3.63) is 0 Å². The van der Waals surface area contributed by atoms with E-state index in [1.54, 1.807) is 0 Å². The van der Waals surface area contributed by atoms with Gasteiger partial charge in [-0.1, -0.05) is 22.6 Å². The number of nitrogens with one attached hydrogen (secondary N) is 1. The Balaban J connectivity index is 2.45. The molecule has 0 aromatic heterocycles. The second-order valence-electron chi connectivity index (χ2n) is 2.76. The minimum atomic E-state index is 0.431. The van der Waals surface area contributed by atoms with Crippen LogP contribution in [0.25, 0.3) is 0 Å². The number of alkyl halides is 1. The highest BCUT2D eigenvalue weighted by Gasteiger charge is 2.30. The highest BCUT2D eigenvalue weighted by Crippen LogP contribution is 2.25. The first kappa shape index (κ1) is 7.75. The summed E-state index contributed by atoms with van der Waals surface area (Å²) in [5.41, 5.74) is 6.07. The molecule has 1 rings (SSSR count). The molecule has 0 saturated carbocycles. The third-order valence-corrected chi connectivity index (χ3v) is 3.67. The number of halogens is 1. The molecule has 3 N–H and O–H groups in total. The summed E-state index contributed by atoms with van der Waals surface area (Å²) in [6.07, 6.45) is 1.26. The lowest BCUT2D eigenvalue weighted by atomic mass is 9.90. The molecule has 0 unspecified atom stereocenters. The Bertz CT molecular complexity index is 83.1. The molecule has 0 spiro atoms. The van der Waals surface area contributed by atoms with Gasteiger partial charge in [-0.3, -0.25) is 0 Å². The molecule has 1 saturated heterocycles. The first-order valence-corrected chi connectivity index (χ1v) is 4.82. The maximum Gasteiger partial charge on any atom is 0.00767 e. The van der Waals surface area contributed by atoms with Crippen LogP contribution >= 0.6 is 22.6 Å². The molecular weight excluding hydrogens is 227 g/mol. The van der Waals surface area contributed by atoms with E-state index < -0.39 is 0 Å². The molecule has 0 aliphatic carbocycles. The van der Waals surface area contributed by atoms with Crippen LogP contribution in [0, 0.1) is 5.41 Å². The summed E-state index contributed by atoms with van der Waals surface area (Å²) >= 11 is 2.42. The zero-order chi connectivity index (χ0) is 6.74. The van der Waals surface area contributed by atoms with E-state index in [0.29, 0.717) is 5.41 Å². The Morgan fingerprint density at radius 2 is 2.44 bits per heavy atom. The van der Waals surface area contributed by atoms with Gasteiger partial charge in [-0.25, -0.2) is 0 Å². The van der Waals surface area contributed by atoms with Crippen LogP contribution in [0.5, 0.6) is 0 Å². The lowest BCUT2D eigenvalue weighted by Crippen LogP contribution is -2.34. The van der Waals surface area contributed by atoms with Crippen molar-refractivity contribution in [3.8, 4) is 0 Å². The van der Waals surface area contributed by atoms with Crippen molar-refractivity contribution in [3.63, 3.8) is 0 Å². The predicted octanol–water partition coefficient (Wildman–Crippen LogP) is 0.360. The molecule has 54 valence electrons. The molecular formula is C6H13IN2. The third kappa shape index (κ3) is 1.56. The van der Waals surface area contributed by atoms with E-state index in [-0.39, 0.29) is 0 Å². The van der Waals surface area contributed by atoms with Crippen LogP contribution < -0.4 is 11.1 Å². The second kappa shape index (κ2) is 3.16. The van der Waals surface area contributed by atoms with Gasteiger partial charge < -0.3 is 11.1 Å². The lowest BCUT2D eigenvalue weighted by molar-refractivity contribution is 0.395. The summed E-state index contributed by atoms with van der Waals surface area (Å²) in [6, 6.07) is 0. The van der Waals surface area contributed by atoms with Crippen molar-refractivity contribution in [1.29, 1.82) is 0 Å². The third-order valence-electron chi connectivity index (χ3n) is 2.05. The molecule has 9 heavy (non-hydrogen) atoms. The first-order valence-electron chi connectivity index (χ1n) is 3.30. The summed E-state index contributed by atoms with van der Waals surface area (Å²) in [5, 5.41) is 3.33. The van der Waals surface area contributed by atoms with Crippen LogP contribution in [0.2, 0.25) is 0 Å². The van der Waals surface area contributed by atoms with Crippen molar-refractivity contribution < 1.29 is 0 Å². The van der Waals surface area contributed by atoms with Gasteiger partial charge in [0, 0.05) is 16.4 Å². The lowest BCUT2D eigenvalue weighted by Gasteiger charge is -2.22. The fraction of sp³-hybridized carbons (Fsp3) is 1.00. The SMILES string of the molecule is NC[C@]1(CI)CCNC1. The van der Waals surface area contributed by atoms with Crippen molar-refractivity contribution in [1.82, 2.24) is 5.32 Å². The van der Waals surface area contributed by atoms with Gasteiger partial charge in [0.25, 0.3) is 0 Å². The van der Waals surface area contributed by atoms with Gasteiger partial charge in [0.1, 0.15) is 0 Å². The van der Waals surface area contributed by atoms with E-state index >= 15 is 0 Å². The molecule has 1 heterocycles. The van der Waals surface area contributed by atoms with Crippen molar-refractivity contribution in [2.45, 2.75) is 6.42 Å².